The molecule has 0 radical (unpaired) electrons. The summed E-state index contributed by atoms with van der Waals surface area (Å²) in [6.45, 7) is 4.82. The molecule has 112 valence electrons. The molecule has 3 rings (SSSR count). The molecule has 2 atom stereocenters. The van der Waals surface area contributed by atoms with Crippen molar-refractivity contribution in [1.29, 1.82) is 5.26 Å². The lowest BCUT2D eigenvalue weighted by Crippen LogP contribution is -2.43. The smallest absolute Gasteiger partial charge is 0.243 e. The van der Waals surface area contributed by atoms with Crippen LogP contribution in [0.1, 0.15) is 17.5 Å². The lowest BCUT2D eigenvalue weighted by atomic mass is 9.90. The van der Waals surface area contributed by atoms with Gasteiger partial charge in [0, 0.05) is 13.1 Å². The number of sulfonamides is 1. The molecule has 1 N–H and O–H groups in total. The minimum absolute atomic E-state index is 0.269. The van der Waals surface area contributed by atoms with E-state index in [0.29, 0.717) is 36.1 Å². The van der Waals surface area contributed by atoms with Crippen molar-refractivity contribution in [2.75, 3.05) is 26.2 Å². The summed E-state index contributed by atoms with van der Waals surface area (Å²) < 4.78 is 27.3. The molecule has 6 heteroatoms. The van der Waals surface area contributed by atoms with Crippen LogP contribution in [0.4, 0.5) is 0 Å². The van der Waals surface area contributed by atoms with E-state index in [1.54, 1.807) is 23.4 Å². The molecule has 0 saturated carbocycles. The second-order valence-corrected chi connectivity index (χ2v) is 7.83. The fourth-order valence-corrected chi connectivity index (χ4v) is 5.07. The van der Waals surface area contributed by atoms with Crippen LogP contribution >= 0.6 is 0 Å². The maximum Gasteiger partial charge on any atom is 0.243 e. The molecule has 21 heavy (non-hydrogen) atoms. The lowest BCUT2D eigenvalue weighted by Gasteiger charge is -2.33. The predicted octanol–water partition coefficient (Wildman–Crippen LogP) is 1.10. The van der Waals surface area contributed by atoms with Gasteiger partial charge in [-0.2, -0.15) is 9.57 Å². The molecule has 0 aromatic heterocycles. The van der Waals surface area contributed by atoms with Crippen molar-refractivity contribution in [3.8, 4) is 6.07 Å². The van der Waals surface area contributed by atoms with Crippen LogP contribution in [0.5, 0.6) is 0 Å². The van der Waals surface area contributed by atoms with Crippen molar-refractivity contribution in [2.45, 2.75) is 18.2 Å². The number of hydrogen-bond donors (Lipinski definition) is 1. The molecule has 2 fully saturated rings. The normalized spacial score (nSPS) is 26.3. The van der Waals surface area contributed by atoms with E-state index in [0.717, 1.165) is 19.5 Å². The summed E-state index contributed by atoms with van der Waals surface area (Å²) in [5, 5.41) is 12.3. The number of benzene rings is 1. The summed E-state index contributed by atoms with van der Waals surface area (Å²) in [5.41, 5.74) is 1.08. The van der Waals surface area contributed by atoms with Gasteiger partial charge >= 0.3 is 0 Å². The van der Waals surface area contributed by atoms with E-state index in [2.05, 4.69) is 5.32 Å². The minimum atomic E-state index is -3.51. The van der Waals surface area contributed by atoms with E-state index in [9.17, 15) is 8.42 Å². The van der Waals surface area contributed by atoms with Crippen LogP contribution in [0.3, 0.4) is 0 Å². The largest absolute Gasteiger partial charge is 0.316 e. The molecule has 5 nitrogen and oxygen atoms in total. The average Bonchev–Trinajstić information content (AvgIpc) is 2.95. The Labute approximate surface area is 125 Å². The molecule has 0 amide bonds. The highest BCUT2D eigenvalue weighted by molar-refractivity contribution is 7.89. The summed E-state index contributed by atoms with van der Waals surface area (Å²) in [4.78, 5) is 0.269. The number of hydrogen-bond acceptors (Lipinski definition) is 4. The highest BCUT2D eigenvalue weighted by Gasteiger charge is 2.38. The predicted molar refractivity (Wildman–Crippen MR) is 79.1 cm³/mol. The summed E-state index contributed by atoms with van der Waals surface area (Å²) in [7, 11) is -3.51. The summed E-state index contributed by atoms with van der Waals surface area (Å²) >= 11 is 0. The standard InChI is InChI=1S/C15H19N3O2S/c1-11-2-3-12(7-16)6-15(11)21(19,20)18-5-4-13-8-17-9-14(13)10-18/h2-3,6,13-14,17H,4-5,8-10H2,1H3. The van der Waals surface area contributed by atoms with Gasteiger partial charge in [0.05, 0.1) is 16.5 Å². The number of aryl methyl sites for hydroxylation is 1. The third-order valence-electron chi connectivity index (χ3n) is 4.60. The molecule has 0 spiro atoms. The Morgan fingerprint density at radius 3 is 2.86 bits per heavy atom. The third-order valence-corrected chi connectivity index (χ3v) is 6.61. The van der Waals surface area contributed by atoms with E-state index < -0.39 is 10.0 Å². The van der Waals surface area contributed by atoms with Crippen LogP contribution in [0, 0.1) is 30.1 Å². The highest BCUT2D eigenvalue weighted by Crippen LogP contribution is 2.31. The summed E-state index contributed by atoms with van der Waals surface area (Å²) in [5.74, 6) is 1.01. The van der Waals surface area contributed by atoms with E-state index in [-0.39, 0.29) is 4.90 Å². The first kappa shape index (κ1) is 14.5. The fraction of sp³-hybridized carbons (Fsp3) is 0.533. The van der Waals surface area contributed by atoms with Gasteiger partial charge < -0.3 is 5.32 Å². The molecular weight excluding hydrogens is 286 g/mol. The number of piperidine rings is 1. The molecule has 2 aliphatic heterocycles. The summed E-state index contributed by atoms with van der Waals surface area (Å²) in [6.07, 6.45) is 0.911. The van der Waals surface area contributed by atoms with Crippen molar-refractivity contribution >= 4 is 10.0 Å². The number of fused-ring (bicyclic) bond motifs is 1. The Kier molecular flexibility index (Phi) is 3.74. The van der Waals surface area contributed by atoms with Crippen LogP contribution in [0.25, 0.3) is 0 Å². The number of nitrogens with zero attached hydrogens (tertiary/aromatic N) is 2. The molecule has 2 aliphatic rings. The van der Waals surface area contributed by atoms with Crippen molar-refractivity contribution in [1.82, 2.24) is 9.62 Å². The van der Waals surface area contributed by atoms with Crippen molar-refractivity contribution < 1.29 is 8.42 Å². The molecule has 0 aliphatic carbocycles. The van der Waals surface area contributed by atoms with Crippen molar-refractivity contribution in [3.63, 3.8) is 0 Å². The van der Waals surface area contributed by atoms with E-state index in [4.69, 9.17) is 5.26 Å². The Hall–Kier alpha value is -1.42. The molecule has 2 heterocycles. The Morgan fingerprint density at radius 1 is 1.33 bits per heavy atom. The van der Waals surface area contributed by atoms with E-state index in [1.807, 2.05) is 6.07 Å². The first-order chi connectivity index (χ1) is 10.0. The lowest BCUT2D eigenvalue weighted by molar-refractivity contribution is 0.228. The van der Waals surface area contributed by atoms with Gasteiger partial charge in [-0.15, -0.1) is 0 Å². The zero-order chi connectivity index (χ0) is 15.0. The van der Waals surface area contributed by atoms with Crippen LogP contribution in [-0.4, -0.2) is 38.9 Å². The van der Waals surface area contributed by atoms with E-state index in [1.165, 1.54) is 6.07 Å². The second-order valence-electron chi connectivity index (χ2n) is 5.92. The molecule has 1 aromatic carbocycles. The van der Waals surface area contributed by atoms with Gasteiger partial charge in [-0.1, -0.05) is 6.07 Å². The Balaban J connectivity index is 1.92. The maximum atomic E-state index is 12.9. The molecule has 2 saturated heterocycles. The zero-order valence-corrected chi connectivity index (χ0v) is 12.9. The van der Waals surface area contributed by atoms with Crippen LogP contribution in [0.2, 0.25) is 0 Å². The van der Waals surface area contributed by atoms with Crippen molar-refractivity contribution in [2.24, 2.45) is 11.8 Å². The minimum Gasteiger partial charge on any atom is -0.316 e. The fourth-order valence-electron chi connectivity index (χ4n) is 3.31. The molecule has 1 aromatic rings. The highest BCUT2D eigenvalue weighted by atomic mass is 32.2. The quantitative estimate of drug-likeness (QED) is 0.888. The van der Waals surface area contributed by atoms with Gasteiger partial charge in [0.25, 0.3) is 0 Å². The SMILES string of the molecule is Cc1ccc(C#N)cc1S(=O)(=O)N1CCC2CNCC2C1. The molecular formula is C15H19N3O2S. The first-order valence-corrected chi connectivity index (χ1v) is 8.68. The Bertz CT molecular complexity index is 693. The van der Waals surface area contributed by atoms with Gasteiger partial charge in [-0.05, 0) is 56.0 Å². The van der Waals surface area contributed by atoms with E-state index >= 15 is 0 Å². The second kappa shape index (κ2) is 5.41. The number of rotatable bonds is 2. The summed E-state index contributed by atoms with van der Waals surface area (Å²) in [6, 6.07) is 6.86. The zero-order valence-electron chi connectivity index (χ0n) is 12.0. The molecule has 2 unspecified atom stereocenters. The van der Waals surface area contributed by atoms with Gasteiger partial charge in [-0.3, -0.25) is 0 Å². The van der Waals surface area contributed by atoms with Gasteiger partial charge in [-0.25, -0.2) is 8.42 Å². The monoisotopic (exact) mass is 305 g/mol. The topological polar surface area (TPSA) is 73.2 Å². The van der Waals surface area contributed by atoms with Crippen LogP contribution in [-0.2, 0) is 10.0 Å². The van der Waals surface area contributed by atoms with Gasteiger partial charge in [0.15, 0.2) is 0 Å². The van der Waals surface area contributed by atoms with Gasteiger partial charge in [0.2, 0.25) is 10.0 Å². The first-order valence-electron chi connectivity index (χ1n) is 7.24. The maximum absolute atomic E-state index is 12.9. The third kappa shape index (κ3) is 2.57. The van der Waals surface area contributed by atoms with Crippen molar-refractivity contribution in [3.05, 3.63) is 29.3 Å². The molecule has 0 bridgehead atoms. The van der Waals surface area contributed by atoms with Gasteiger partial charge in [0.1, 0.15) is 0 Å². The number of nitrogens with one attached hydrogen (secondary N) is 1. The van der Waals surface area contributed by atoms with Crippen LogP contribution in [0.15, 0.2) is 23.1 Å². The Morgan fingerprint density at radius 2 is 2.10 bits per heavy atom. The average molecular weight is 305 g/mol. The van der Waals surface area contributed by atoms with Crippen LogP contribution < -0.4 is 5.32 Å². The number of nitriles is 1.